The maximum Gasteiger partial charge on any atom is -0.0145 e. The Morgan fingerprint density at radius 3 is 1.67 bits per heavy atom. The fourth-order valence-corrected chi connectivity index (χ4v) is 4.32. The Hall–Kier alpha value is 0.430. The van der Waals surface area contributed by atoms with Gasteiger partial charge >= 0.3 is 0 Å². The van der Waals surface area contributed by atoms with Crippen LogP contribution in [0.3, 0.4) is 0 Å². The fraction of sp³-hybridized carbons (Fsp3) is 1.00. The maximum absolute atomic E-state index is 3.21. The van der Waals surface area contributed by atoms with Gasteiger partial charge in [-0.1, -0.05) is 73.1 Å². The van der Waals surface area contributed by atoms with Gasteiger partial charge in [0, 0.05) is 0 Å². The van der Waals surface area contributed by atoms with Gasteiger partial charge in [-0.2, -0.15) is 0 Å². The van der Waals surface area contributed by atoms with Crippen LogP contribution in [0.25, 0.3) is 0 Å². The van der Waals surface area contributed by atoms with Crippen LogP contribution < -0.4 is 0 Å². The lowest BCUT2D eigenvalue weighted by molar-refractivity contribution is 0.351. The monoisotopic (exact) mass is 272 g/mol. The lowest BCUT2D eigenvalue weighted by atomic mass is 9.84. The van der Waals surface area contributed by atoms with Crippen molar-refractivity contribution in [1.82, 2.24) is 0 Å². The van der Waals surface area contributed by atoms with E-state index in [2.05, 4.69) is 43.9 Å². The highest BCUT2D eigenvalue weighted by molar-refractivity contribution is 7.19. The number of unbranched alkanes of at least 4 members (excludes halogenated alkanes) is 5. The number of hydrogen-bond donors (Lipinski definition) is 0. The van der Waals surface area contributed by atoms with Crippen molar-refractivity contribution in [2.24, 2.45) is 11.8 Å². The van der Waals surface area contributed by atoms with Crippen LogP contribution in [-0.2, 0) is 0 Å². The van der Waals surface area contributed by atoms with Gasteiger partial charge in [-0.15, -0.1) is 9.24 Å². The van der Waals surface area contributed by atoms with Crippen molar-refractivity contribution in [3.63, 3.8) is 0 Å². The van der Waals surface area contributed by atoms with E-state index in [9.17, 15) is 0 Å². The minimum absolute atomic E-state index is 0.507. The number of hydrogen-bond acceptors (Lipinski definition) is 0. The first-order valence-electron chi connectivity index (χ1n) is 8.18. The standard InChI is InChI=1S/C17H37P/c1-6-7-8-9-10-11-12-17(18,13-15(2)3)14-16(4)5/h15-16H,6-14,18H2,1-5H3. The molecule has 0 aliphatic carbocycles. The van der Waals surface area contributed by atoms with Crippen molar-refractivity contribution in [2.75, 3.05) is 0 Å². The average Bonchev–Trinajstić information content (AvgIpc) is 2.20. The van der Waals surface area contributed by atoms with E-state index in [-0.39, 0.29) is 0 Å². The zero-order chi connectivity index (χ0) is 14.0. The predicted molar refractivity (Wildman–Crippen MR) is 89.3 cm³/mol. The van der Waals surface area contributed by atoms with Crippen molar-refractivity contribution in [3.8, 4) is 0 Å². The second kappa shape index (κ2) is 10.2. The summed E-state index contributed by atoms with van der Waals surface area (Å²) in [5.74, 6) is 1.64. The van der Waals surface area contributed by atoms with E-state index < -0.39 is 0 Å². The predicted octanol–water partition coefficient (Wildman–Crippen LogP) is 6.44. The van der Waals surface area contributed by atoms with Crippen molar-refractivity contribution in [2.45, 2.75) is 97.6 Å². The van der Waals surface area contributed by atoms with Crippen LogP contribution in [0.4, 0.5) is 0 Å². The molecule has 1 unspecified atom stereocenters. The Labute approximate surface area is 119 Å². The quantitative estimate of drug-likeness (QED) is 0.300. The van der Waals surface area contributed by atoms with Crippen LogP contribution in [0.2, 0.25) is 0 Å². The third-order valence-electron chi connectivity index (χ3n) is 3.66. The second-order valence-corrected chi connectivity index (χ2v) is 8.30. The zero-order valence-electron chi connectivity index (χ0n) is 13.6. The molecule has 0 heterocycles. The molecule has 0 aliphatic rings. The molecule has 0 aromatic heterocycles. The van der Waals surface area contributed by atoms with Gasteiger partial charge in [0.25, 0.3) is 0 Å². The molecule has 18 heavy (non-hydrogen) atoms. The zero-order valence-corrected chi connectivity index (χ0v) is 14.8. The lowest BCUT2D eigenvalue weighted by Crippen LogP contribution is -2.25. The van der Waals surface area contributed by atoms with Gasteiger partial charge in [0.05, 0.1) is 0 Å². The van der Waals surface area contributed by atoms with E-state index >= 15 is 0 Å². The summed E-state index contributed by atoms with van der Waals surface area (Å²) in [7, 11) is 3.21. The van der Waals surface area contributed by atoms with Crippen LogP contribution in [0, 0.1) is 11.8 Å². The van der Waals surface area contributed by atoms with E-state index in [0.29, 0.717) is 5.16 Å². The summed E-state index contributed by atoms with van der Waals surface area (Å²) >= 11 is 0. The van der Waals surface area contributed by atoms with Gasteiger partial charge in [-0.05, 0) is 36.3 Å². The Morgan fingerprint density at radius 1 is 0.778 bits per heavy atom. The van der Waals surface area contributed by atoms with Crippen molar-refractivity contribution >= 4 is 9.24 Å². The molecule has 0 spiro atoms. The maximum atomic E-state index is 3.21. The summed E-state index contributed by atoms with van der Waals surface area (Å²) in [6.45, 7) is 11.7. The molecule has 0 aliphatic heterocycles. The third kappa shape index (κ3) is 10.4. The summed E-state index contributed by atoms with van der Waals surface area (Å²) in [6.07, 6.45) is 12.7. The lowest BCUT2D eigenvalue weighted by Gasteiger charge is -2.33. The molecule has 0 saturated carbocycles. The molecule has 0 rings (SSSR count). The highest BCUT2D eigenvalue weighted by Gasteiger charge is 2.26. The molecule has 0 saturated heterocycles. The van der Waals surface area contributed by atoms with Crippen molar-refractivity contribution in [1.29, 1.82) is 0 Å². The molecule has 0 fully saturated rings. The Balaban J connectivity index is 3.93. The largest absolute Gasteiger partial charge is 0.131 e. The minimum atomic E-state index is 0.507. The smallest absolute Gasteiger partial charge is 0.0145 e. The van der Waals surface area contributed by atoms with Crippen LogP contribution in [-0.4, -0.2) is 5.16 Å². The SMILES string of the molecule is CCCCCCCCC(P)(CC(C)C)CC(C)C. The van der Waals surface area contributed by atoms with E-state index in [1.165, 1.54) is 57.8 Å². The van der Waals surface area contributed by atoms with Crippen molar-refractivity contribution in [3.05, 3.63) is 0 Å². The first-order chi connectivity index (χ1) is 8.39. The Bertz CT molecular complexity index is 174. The molecular formula is C17H37P. The molecule has 0 aromatic carbocycles. The van der Waals surface area contributed by atoms with Gasteiger partial charge in [0.1, 0.15) is 0 Å². The highest BCUT2D eigenvalue weighted by Crippen LogP contribution is 2.38. The van der Waals surface area contributed by atoms with Crippen LogP contribution in [0.15, 0.2) is 0 Å². The molecular weight excluding hydrogens is 235 g/mol. The minimum Gasteiger partial charge on any atom is -0.131 e. The fourth-order valence-electron chi connectivity index (χ4n) is 3.17. The molecule has 0 amide bonds. The molecule has 0 aromatic rings. The average molecular weight is 272 g/mol. The Kier molecular flexibility index (Phi) is 10.5. The van der Waals surface area contributed by atoms with Crippen LogP contribution in [0.1, 0.15) is 92.4 Å². The van der Waals surface area contributed by atoms with Gasteiger partial charge in [-0.25, -0.2) is 0 Å². The normalized spacial score (nSPS) is 12.7. The Morgan fingerprint density at radius 2 is 1.22 bits per heavy atom. The van der Waals surface area contributed by atoms with Gasteiger partial charge in [-0.3, -0.25) is 0 Å². The van der Waals surface area contributed by atoms with Gasteiger partial charge < -0.3 is 0 Å². The molecule has 1 heteroatoms. The van der Waals surface area contributed by atoms with E-state index in [0.717, 1.165) is 11.8 Å². The molecule has 0 N–H and O–H groups in total. The third-order valence-corrected chi connectivity index (χ3v) is 4.42. The number of rotatable bonds is 11. The summed E-state index contributed by atoms with van der Waals surface area (Å²) < 4.78 is 0. The van der Waals surface area contributed by atoms with Crippen LogP contribution in [0.5, 0.6) is 0 Å². The molecule has 110 valence electrons. The van der Waals surface area contributed by atoms with Crippen LogP contribution >= 0.6 is 9.24 Å². The summed E-state index contributed by atoms with van der Waals surface area (Å²) in [5, 5.41) is 0.507. The first-order valence-corrected chi connectivity index (χ1v) is 8.76. The highest BCUT2D eigenvalue weighted by atomic mass is 31.0. The van der Waals surface area contributed by atoms with Gasteiger partial charge in [0.15, 0.2) is 0 Å². The molecule has 0 bridgehead atoms. The second-order valence-electron chi connectivity index (χ2n) is 7.08. The van der Waals surface area contributed by atoms with E-state index in [1.54, 1.807) is 0 Å². The summed E-state index contributed by atoms with van der Waals surface area (Å²) in [5.41, 5.74) is 0. The van der Waals surface area contributed by atoms with Gasteiger partial charge in [0.2, 0.25) is 0 Å². The van der Waals surface area contributed by atoms with E-state index in [1.807, 2.05) is 0 Å². The molecule has 0 radical (unpaired) electrons. The summed E-state index contributed by atoms with van der Waals surface area (Å²) in [6, 6.07) is 0. The summed E-state index contributed by atoms with van der Waals surface area (Å²) in [4.78, 5) is 0. The molecule has 1 atom stereocenters. The van der Waals surface area contributed by atoms with Crippen molar-refractivity contribution < 1.29 is 0 Å². The molecule has 0 nitrogen and oxygen atoms in total. The van der Waals surface area contributed by atoms with E-state index in [4.69, 9.17) is 0 Å². The topological polar surface area (TPSA) is 0 Å². The first kappa shape index (κ1) is 18.4.